The summed E-state index contributed by atoms with van der Waals surface area (Å²) in [4.78, 5) is 11.1. The normalized spacial score (nSPS) is 20.1. The highest BCUT2D eigenvalue weighted by Crippen LogP contribution is 2.20. The van der Waals surface area contributed by atoms with E-state index in [1.807, 2.05) is 0 Å². The highest BCUT2D eigenvalue weighted by atomic mass is 16.7. The number of ether oxygens (including phenoxy) is 2. The third kappa shape index (κ3) is 4.46. The van der Waals surface area contributed by atoms with Gasteiger partial charge in [0.25, 0.3) is 0 Å². The average molecular weight is 202 g/mol. The van der Waals surface area contributed by atoms with Crippen molar-refractivity contribution in [2.24, 2.45) is 0 Å². The Hall–Kier alpha value is -0.770. The summed E-state index contributed by atoms with van der Waals surface area (Å²) in [6.45, 7) is 1.57. The van der Waals surface area contributed by atoms with Gasteiger partial charge in [0.05, 0.1) is 6.10 Å². The standard InChI is InChI=1S/C10H18O4/c1-8(11)7-13-10(12)14-9-5-3-2-4-6-9/h8-9,11H,2-7H2,1H3. The molecule has 1 fully saturated rings. The Bertz CT molecular complexity index is 173. The SMILES string of the molecule is CC(O)COC(=O)OC1CCCCC1. The maximum absolute atomic E-state index is 11.1. The summed E-state index contributed by atoms with van der Waals surface area (Å²) in [6.07, 6.45) is 4.07. The predicted octanol–water partition coefficient (Wildman–Crippen LogP) is 1.85. The van der Waals surface area contributed by atoms with Gasteiger partial charge >= 0.3 is 6.16 Å². The highest BCUT2D eigenvalue weighted by Gasteiger charge is 2.18. The summed E-state index contributed by atoms with van der Waals surface area (Å²) in [5, 5.41) is 8.87. The van der Waals surface area contributed by atoms with Crippen LogP contribution >= 0.6 is 0 Å². The van der Waals surface area contributed by atoms with E-state index in [-0.39, 0.29) is 12.7 Å². The van der Waals surface area contributed by atoms with Crippen LogP contribution in [0.15, 0.2) is 0 Å². The smallest absolute Gasteiger partial charge is 0.432 e. The summed E-state index contributed by atoms with van der Waals surface area (Å²) < 4.78 is 9.76. The Morgan fingerprint density at radius 2 is 2.07 bits per heavy atom. The van der Waals surface area contributed by atoms with Crippen molar-refractivity contribution >= 4 is 6.16 Å². The van der Waals surface area contributed by atoms with Gasteiger partial charge in [-0.15, -0.1) is 0 Å². The molecule has 0 saturated heterocycles. The number of carbonyl (C=O) groups is 1. The van der Waals surface area contributed by atoms with Crippen LogP contribution in [0, 0.1) is 0 Å². The van der Waals surface area contributed by atoms with Crippen molar-refractivity contribution in [2.45, 2.75) is 51.2 Å². The second-order valence-corrected chi connectivity index (χ2v) is 3.79. The zero-order valence-electron chi connectivity index (χ0n) is 8.57. The van der Waals surface area contributed by atoms with Gasteiger partial charge in [-0.2, -0.15) is 0 Å². The van der Waals surface area contributed by atoms with Gasteiger partial charge in [0, 0.05) is 0 Å². The van der Waals surface area contributed by atoms with Crippen molar-refractivity contribution in [3.8, 4) is 0 Å². The van der Waals surface area contributed by atoms with Crippen molar-refractivity contribution < 1.29 is 19.4 Å². The van der Waals surface area contributed by atoms with E-state index in [1.165, 1.54) is 6.42 Å². The minimum Gasteiger partial charge on any atom is -0.432 e. The number of aliphatic hydroxyl groups excluding tert-OH is 1. The van der Waals surface area contributed by atoms with Gasteiger partial charge < -0.3 is 14.6 Å². The third-order valence-corrected chi connectivity index (χ3v) is 2.26. The first-order valence-electron chi connectivity index (χ1n) is 5.20. The Balaban J connectivity index is 2.12. The van der Waals surface area contributed by atoms with E-state index in [4.69, 9.17) is 14.6 Å². The number of rotatable bonds is 3. The van der Waals surface area contributed by atoms with Crippen LogP contribution in [0.2, 0.25) is 0 Å². The zero-order chi connectivity index (χ0) is 10.4. The molecule has 0 radical (unpaired) electrons. The van der Waals surface area contributed by atoms with E-state index in [2.05, 4.69) is 0 Å². The number of aliphatic hydroxyl groups is 1. The van der Waals surface area contributed by atoms with Gasteiger partial charge in [0.2, 0.25) is 0 Å². The molecule has 82 valence electrons. The lowest BCUT2D eigenvalue weighted by Gasteiger charge is -2.21. The summed E-state index contributed by atoms with van der Waals surface area (Å²) in [5.74, 6) is 0. The molecule has 4 heteroatoms. The summed E-state index contributed by atoms with van der Waals surface area (Å²) >= 11 is 0. The third-order valence-electron chi connectivity index (χ3n) is 2.26. The van der Waals surface area contributed by atoms with Crippen LogP contribution in [0.1, 0.15) is 39.0 Å². The fourth-order valence-corrected chi connectivity index (χ4v) is 1.54. The second-order valence-electron chi connectivity index (χ2n) is 3.79. The van der Waals surface area contributed by atoms with Gasteiger partial charge in [0.1, 0.15) is 12.7 Å². The Morgan fingerprint density at radius 1 is 1.43 bits per heavy atom. The first-order chi connectivity index (χ1) is 6.68. The van der Waals surface area contributed by atoms with E-state index < -0.39 is 12.3 Å². The molecule has 0 aromatic carbocycles. The molecule has 0 aromatic rings. The maximum Gasteiger partial charge on any atom is 0.508 e. The van der Waals surface area contributed by atoms with Crippen LogP contribution in [0.5, 0.6) is 0 Å². The number of carbonyl (C=O) groups excluding carboxylic acids is 1. The maximum atomic E-state index is 11.1. The molecular weight excluding hydrogens is 184 g/mol. The summed E-state index contributed by atoms with van der Waals surface area (Å²) in [5.41, 5.74) is 0. The molecule has 0 amide bonds. The Kier molecular flexibility index (Phi) is 4.73. The molecule has 1 aliphatic carbocycles. The van der Waals surface area contributed by atoms with E-state index >= 15 is 0 Å². The van der Waals surface area contributed by atoms with Crippen LogP contribution in [0.25, 0.3) is 0 Å². The van der Waals surface area contributed by atoms with Gasteiger partial charge in [-0.25, -0.2) is 4.79 Å². The predicted molar refractivity (Wildman–Crippen MR) is 51.0 cm³/mol. The Morgan fingerprint density at radius 3 is 2.64 bits per heavy atom. The molecule has 14 heavy (non-hydrogen) atoms. The monoisotopic (exact) mass is 202 g/mol. The molecule has 0 aromatic heterocycles. The minimum absolute atomic E-state index is 0.00551. The lowest BCUT2D eigenvalue weighted by molar-refractivity contribution is -0.00711. The summed E-state index contributed by atoms with van der Waals surface area (Å²) in [6, 6.07) is 0. The second kappa shape index (κ2) is 5.86. The van der Waals surface area contributed by atoms with E-state index in [1.54, 1.807) is 6.92 Å². The quantitative estimate of drug-likeness (QED) is 0.709. The van der Waals surface area contributed by atoms with Crippen LogP contribution < -0.4 is 0 Å². The molecule has 0 bridgehead atoms. The van der Waals surface area contributed by atoms with Crippen molar-refractivity contribution in [1.29, 1.82) is 0 Å². The molecule has 1 aliphatic rings. The van der Waals surface area contributed by atoms with Crippen molar-refractivity contribution in [3.05, 3.63) is 0 Å². The Labute approximate surface area is 84.2 Å². The van der Waals surface area contributed by atoms with E-state index in [0.29, 0.717) is 0 Å². The van der Waals surface area contributed by atoms with Crippen LogP contribution in [0.3, 0.4) is 0 Å². The molecule has 0 spiro atoms. The molecule has 1 rings (SSSR count). The fourth-order valence-electron chi connectivity index (χ4n) is 1.54. The number of hydrogen-bond donors (Lipinski definition) is 1. The highest BCUT2D eigenvalue weighted by molar-refractivity contribution is 5.60. The van der Waals surface area contributed by atoms with Gasteiger partial charge in [-0.1, -0.05) is 6.42 Å². The van der Waals surface area contributed by atoms with Crippen molar-refractivity contribution in [3.63, 3.8) is 0 Å². The first-order valence-corrected chi connectivity index (χ1v) is 5.20. The average Bonchev–Trinajstić information content (AvgIpc) is 2.16. The molecule has 0 aliphatic heterocycles. The largest absolute Gasteiger partial charge is 0.508 e. The van der Waals surface area contributed by atoms with Crippen LogP contribution in [0.4, 0.5) is 4.79 Å². The van der Waals surface area contributed by atoms with Crippen molar-refractivity contribution in [1.82, 2.24) is 0 Å². The molecule has 1 atom stereocenters. The molecule has 4 nitrogen and oxygen atoms in total. The summed E-state index contributed by atoms with van der Waals surface area (Å²) in [7, 11) is 0. The van der Waals surface area contributed by atoms with Gasteiger partial charge in [-0.3, -0.25) is 0 Å². The van der Waals surface area contributed by atoms with Gasteiger partial charge in [-0.05, 0) is 32.6 Å². The molecule has 1 unspecified atom stereocenters. The van der Waals surface area contributed by atoms with Crippen molar-refractivity contribution in [2.75, 3.05) is 6.61 Å². The number of hydrogen-bond acceptors (Lipinski definition) is 4. The van der Waals surface area contributed by atoms with E-state index in [0.717, 1.165) is 25.7 Å². The van der Waals surface area contributed by atoms with Crippen LogP contribution in [-0.2, 0) is 9.47 Å². The molecule has 1 N–H and O–H groups in total. The lowest BCUT2D eigenvalue weighted by Crippen LogP contribution is -2.23. The zero-order valence-corrected chi connectivity index (χ0v) is 8.57. The van der Waals surface area contributed by atoms with E-state index in [9.17, 15) is 4.79 Å². The lowest BCUT2D eigenvalue weighted by atomic mass is 9.98. The molecule has 1 saturated carbocycles. The van der Waals surface area contributed by atoms with Crippen LogP contribution in [-0.4, -0.2) is 30.1 Å². The van der Waals surface area contributed by atoms with Gasteiger partial charge in [0.15, 0.2) is 0 Å². The topological polar surface area (TPSA) is 55.8 Å². The molecule has 0 heterocycles. The fraction of sp³-hybridized carbons (Fsp3) is 0.900. The first kappa shape index (κ1) is 11.3. The minimum atomic E-state index is -0.655. The molecular formula is C10H18O4.